The Kier molecular flexibility index (Phi) is 2.61. The number of hydrogen-bond donors (Lipinski definition) is 2. The highest BCUT2D eigenvalue weighted by atomic mass is 19.1. The predicted molar refractivity (Wildman–Crippen MR) is 61.3 cm³/mol. The molecular weight excluding hydrogens is 223 g/mol. The van der Waals surface area contributed by atoms with Crippen LogP contribution in [0.4, 0.5) is 4.39 Å². The van der Waals surface area contributed by atoms with Crippen molar-refractivity contribution in [1.29, 1.82) is 0 Å². The number of aliphatic carboxylic acids is 1. The average Bonchev–Trinajstić information content (AvgIpc) is 2.61. The number of imidazole rings is 1. The van der Waals surface area contributed by atoms with Gasteiger partial charge in [-0.15, -0.1) is 0 Å². The highest BCUT2D eigenvalue weighted by Crippen LogP contribution is 2.27. The molecule has 0 aliphatic carbocycles. The number of H-pyrrole nitrogens is 1. The van der Waals surface area contributed by atoms with E-state index in [9.17, 15) is 9.18 Å². The maximum absolute atomic E-state index is 13.5. The first-order valence-corrected chi connectivity index (χ1v) is 5.27. The van der Waals surface area contributed by atoms with Crippen LogP contribution >= 0.6 is 0 Å². The minimum Gasteiger partial charge on any atom is -0.481 e. The lowest BCUT2D eigenvalue weighted by Crippen LogP contribution is -2.23. The minimum absolute atomic E-state index is 0.0611. The van der Waals surface area contributed by atoms with E-state index in [4.69, 9.17) is 5.11 Å². The molecule has 2 rings (SSSR count). The molecule has 1 aromatic carbocycles. The number of aromatic nitrogens is 2. The van der Waals surface area contributed by atoms with Crippen LogP contribution in [-0.2, 0) is 10.2 Å². The molecule has 0 fully saturated rings. The largest absolute Gasteiger partial charge is 0.481 e. The van der Waals surface area contributed by atoms with Crippen molar-refractivity contribution in [2.75, 3.05) is 0 Å². The van der Waals surface area contributed by atoms with Crippen LogP contribution in [0.15, 0.2) is 18.2 Å². The summed E-state index contributed by atoms with van der Waals surface area (Å²) in [5.41, 5.74) is 0.177. The Labute approximate surface area is 97.5 Å². The summed E-state index contributed by atoms with van der Waals surface area (Å²) in [6.45, 7) is 3.52. The number of hydrogen-bond acceptors (Lipinski definition) is 2. The lowest BCUT2D eigenvalue weighted by Gasteiger charge is -2.18. The Morgan fingerprint density at radius 3 is 2.82 bits per heavy atom. The van der Waals surface area contributed by atoms with Gasteiger partial charge in [0.1, 0.15) is 11.3 Å². The molecule has 0 aliphatic rings. The molecule has 2 N–H and O–H groups in total. The number of carboxylic acid groups (broad SMARTS) is 1. The Morgan fingerprint density at radius 2 is 2.24 bits per heavy atom. The fourth-order valence-corrected chi connectivity index (χ4v) is 1.78. The molecule has 90 valence electrons. The van der Waals surface area contributed by atoms with Crippen LogP contribution in [-0.4, -0.2) is 21.0 Å². The summed E-state index contributed by atoms with van der Waals surface area (Å²) >= 11 is 0. The molecule has 5 heteroatoms. The van der Waals surface area contributed by atoms with Crippen molar-refractivity contribution < 1.29 is 14.3 Å². The number of carboxylic acids is 1. The molecule has 0 spiro atoms. The van der Waals surface area contributed by atoms with Gasteiger partial charge in [0.05, 0.1) is 11.9 Å². The first-order valence-electron chi connectivity index (χ1n) is 5.27. The van der Waals surface area contributed by atoms with Crippen molar-refractivity contribution in [3.8, 4) is 0 Å². The molecular formula is C12H13FN2O2. The van der Waals surface area contributed by atoms with Gasteiger partial charge in [-0.2, -0.15) is 0 Å². The van der Waals surface area contributed by atoms with Crippen molar-refractivity contribution in [1.82, 2.24) is 9.97 Å². The average molecular weight is 236 g/mol. The number of nitrogens with one attached hydrogen (secondary N) is 1. The van der Waals surface area contributed by atoms with Crippen LogP contribution < -0.4 is 0 Å². The van der Waals surface area contributed by atoms with E-state index in [1.807, 2.05) is 0 Å². The zero-order valence-corrected chi connectivity index (χ0v) is 9.62. The lowest BCUT2D eigenvalue weighted by molar-refractivity contribution is -0.138. The highest BCUT2D eigenvalue weighted by molar-refractivity contribution is 5.76. The van der Waals surface area contributed by atoms with Gasteiger partial charge in [0.2, 0.25) is 0 Å². The Bertz CT molecular complexity index is 575. The molecule has 0 saturated carbocycles. The van der Waals surface area contributed by atoms with E-state index >= 15 is 0 Å². The maximum atomic E-state index is 13.5. The van der Waals surface area contributed by atoms with Crippen molar-refractivity contribution in [2.45, 2.75) is 25.7 Å². The normalized spacial score (nSPS) is 11.9. The summed E-state index contributed by atoms with van der Waals surface area (Å²) in [6.07, 6.45) is -0.0611. The fraction of sp³-hybridized carbons (Fsp3) is 0.333. The molecule has 0 aliphatic heterocycles. The Morgan fingerprint density at radius 1 is 1.53 bits per heavy atom. The van der Waals surface area contributed by atoms with Crippen LogP contribution in [0.2, 0.25) is 0 Å². The number of para-hydroxylation sites is 1. The van der Waals surface area contributed by atoms with Crippen LogP contribution in [0, 0.1) is 5.82 Å². The summed E-state index contributed by atoms with van der Waals surface area (Å²) in [7, 11) is 0. The molecule has 0 unspecified atom stereocenters. The second-order valence-electron chi connectivity index (χ2n) is 4.68. The number of rotatable bonds is 3. The van der Waals surface area contributed by atoms with Crippen molar-refractivity contribution in [3.63, 3.8) is 0 Å². The van der Waals surface area contributed by atoms with Crippen molar-refractivity contribution >= 4 is 17.0 Å². The standard InChI is InChI=1S/C12H13FN2O2/c1-12(2,6-9(16)17)11-14-8-5-3-4-7(13)10(8)15-11/h3-5H,6H2,1-2H3,(H,14,15)(H,16,17). The van der Waals surface area contributed by atoms with Gasteiger partial charge < -0.3 is 10.1 Å². The van der Waals surface area contributed by atoms with Crippen LogP contribution in [0.1, 0.15) is 26.1 Å². The first-order chi connectivity index (χ1) is 7.90. The Hall–Kier alpha value is -1.91. The van der Waals surface area contributed by atoms with Gasteiger partial charge in [0.15, 0.2) is 5.82 Å². The van der Waals surface area contributed by atoms with Gasteiger partial charge in [-0.1, -0.05) is 19.9 Å². The van der Waals surface area contributed by atoms with Gasteiger partial charge in [0, 0.05) is 5.41 Å². The molecule has 1 heterocycles. The van der Waals surface area contributed by atoms with Crippen LogP contribution in [0.5, 0.6) is 0 Å². The number of benzene rings is 1. The van der Waals surface area contributed by atoms with Crippen molar-refractivity contribution in [3.05, 3.63) is 29.8 Å². The third kappa shape index (κ3) is 2.13. The smallest absolute Gasteiger partial charge is 0.304 e. The zero-order valence-electron chi connectivity index (χ0n) is 9.62. The first kappa shape index (κ1) is 11.6. The quantitative estimate of drug-likeness (QED) is 0.860. The number of aromatic amines is 1. The Balaban J connectivity index is 2.49. The number of nitrogens with zero attached hydrogens (tertiary/aromatic N) is 1. The summed E-state index contributed by atoms with van der Waals surface area (Å²) in [5.74, 6) is -0.827. The highest BCUT2D eigenvalue weighted by Gasteiger charge is 2.28. The molecule has 2 aromatic rings. The van der Waals surface area contributed by atoms with Crippen LogP contribution in [0.3, 0.4) is 0 Å². The lowest BCUT2D eigenvalue weighted by atomic mass is 9.88. The van der Waals surface area contributed by atoms with Gasteiger partial charge >= 0.3 is 5.97 Å². The molecule has 0 bridgehead atoms. The van der Waals surface area contributed by atoms with Crippen molar-refractivity contribution in [2.24, 2.45) is 0 Å². The van der Waals surface area contributed by atoms with Gasteiger partial charge in [-0.3, -0.25) is 4.79 Å². The van der Waals surface area contributed by atoms with Gasteiger partial charge in [-0.25, -0.2) is 9.37 Å². The monoisotopic (exact) mass is 236 g/mol. The summed E-state index contributed by atoms with van der Waals surface area (Å²) < 4.78 is 13.5. The van der Waals surface area contributed by atoms with Crippen LogP contribution in [0.25, 0.3) is 11.0 Å². The minimum atomic E-state index is -0.907. The SMILES string of the molecule is CC(C)(CC(=O)O)c1nc2c(F)cccc2[nH]1. The zero-order chi connectivity index (χ0) is 12.6. The molecule has 0 saturated heterocycles. The van der Waals surface area contributed by atoms with E-state index in [0.29, 0.717) is 11.3 Å². The van der Waals surface area contributed by atoms with Gasteiger partial charge in [0.25, 0.3) is 0 Å². The number of halogens is 1. The summed E-state index contributed by atoms with van der Waals surface area (Å²) in [6, 6.07) is 4.63. The van der Waals surface area contributed by atoms with E-state index in [1.165, 1.54) is 6.07 Å². The van der Waals surface area contributed by atoms with E-state index in [0.717, 1.165) is 0 Å². The molecule has 0 radical (unpaired) electrons. The van der Waals surface area contributed by atoms with E-state index in [2.05, 4.69) is 9.97 Å². The number of carbonyl (C=O) groups is 1. The third-order valence-corrected chi connectivity index (χ3v) is 2.70. The second kappa shape index (κ2) is 3.84. The molecule has 0 amide bonds. The van der Waals surface area contributed by atoms with E-state index in [-0.39, 0.29) is 11.9 Å². The second-order valence-corrected chi connectivity index (χ2v) is 4.68. The molecule has 4 nitrogen and oxygen atoms in total. The molecule has 17 heavy (non-hydrogen) atoms. The third-order valence-electron chi connectivity index (χ3n) is 2.70. The van der Waals surface area contributed by atoms with E-state index < -0.39 is 17.2 Å². The number of fused-ring (bicyclic) bond motifs is 1. The predicted octanol–water partition coefficient (Wildman–Crippen LogP) is 2.45. The molecule has 1 aromatic heterocycles. The summed E-state index contributed by atoms with van der Waals surface area (Å²) in [5, 5.41) is 8.82. The topological polar surface area (TPSA) is 66.0 Å². The van der Waals surface area contributed by atoms with Gasteiger partial charge in [-0.05, 0) is 12.1 Å². The maximum Gasteiger partial charge on any atom is 0.304 e. The van der Waals surface area contributed by atoms with E-state index in [1.54, 1.807) is 26.0 Å². The summed E-state index contributed by atoms with van der Waals surface area (Å²) in [4.78, 5) is 17.9. The molecule has 0 atom stereocenters. The fourth-order valence-electron chi connectivity index (χ4n) is 1.78.